The van der Waals surface area contributed by atoms with Crippen LogP contribution in [-0.2, 0) is 4.79 Å². The van der Waals surface area contributed by atoms with Gasteiger partial charge in [0.15, 0.2) is 6.61 Å². The number of nitrogens with zero attached hydrogens (tertiary/aromatic N) is 1. The maximum Gasteiger partial charge on any atom is 0.261 e. The number of halogens is 2. The molecular weight excluding hydrogens is 328 g/mol. The minimum atomic E-state index is -0.781. The number of hydrogen-bond donors (Lipinski definition) is 1. The number of aliphatic hydroxyl groups excluding tert-OH is 1. The topological polar surface area (TPSA) is 49.8 Å². The highest BCUT2D eigenvalue weighted by Crippen LogP contribution is 2.34. The maximum absolute atomic E-state index is 14.1. The summed E-state index contributed by atoms with van der Waals surface area (Å²) in [6.45, 7) is 1.78. The number of likely N-dealkylation sites (tertiary alicyclic amines) is 1. The minimum Gasteiger partial charge on any atom is -0.484 e. The summed E-state index contributed by atoms with van der Waals surface area (Å²) < 4.78 is 33.0. The highest BCUT2D eigenvalue weighted by Gasteiger charge is 2.36. The van der Waals surface area contributed by atoms with Crippen molar-refractivity contribution in [3.63, 3.8) is 0 Å². The van der Waals surface area contributed by atoms with E-state index in [1.165, 1.54) is 4.90 Å². The van der Waals surface area contributed by atoms with Crippen LogP contribution in [-0.4, -0.2) is 35.2 Å². The molecule has 0 aromatic heterocycles. The molecule has 1 aliphatic rings. The van der Waals surface area contributed by atoms with Crippen molar-refractivity contribution in [2.75, 3.05) is 13.2 Å². The first-order valence-corrected chi connectivity index (χ1v) is 8.06. The lowest BCUT2D eigenvalue weighted by Crippen LogP contribution is -2.35. The van der Waals surface area contributed by atoms with Crippen LogP contribution in [0.5, 0.6) is 5.75 Å². The first kappa shape index (κ1) is 17.4. The van der Waals surface area contributed by atoms with Gasteiger partial charge in [0.25, 0.3) is 5.91 Å². The van der Waals surface area contributed by atoms with E-state index >= 15 is 0 Å². The Balaban J connectivity index is 1.73. The Morgan fingerprint density at radius 1 is 1.24 bits per heavy atom. The monoisotopic (exact) mass is 347 g/mol. The summed E-state index contributed by atoms with van der Waals surface area (Å²) in [6.07, 6.45) is -0.618. The first-order chi connectivity index (χ1) is 11.9. The summed E-state index contributed by atoms with van der Waals surface area (Å²) in [5.41, 5.74) is 1.14. The van der Waals surface area contributed by atoms with Crippen LogP contribution >= 0.6 is 0 Å². The molecule has 2 aromatic carbocycles. The van der Waals surface area contributed by atoms with Crippen LogP contribution in [0.4, 0.5) is 8.78 Å². The zero-order valence-corrected chi connectivity index (χ0v) is 13.8. The van der Waals surface area contributed by atoms with Gasteiger partial charge in [-0.3, -0.25) is 4.79 Å². The fourth-order valence-corrected chi connectivity index (χ4v) is 3.02. The molecule has 0 radical (unpaired) electrons. The van der Waals surface area contributed by atoms with Gasteiger partial charge >= 0.3 is 0 Å². The smallest absolute Gasteiger partial charge is 0.261 e. The molecule has 6 heteroatoms. The van der Waals surface area contributed by atoms with Crippen LogP contribution in [0.1, 0.15) is 23.6 Å². The molecule has 1 aliphatic heterocycles. The second kappa shape index (κ2) is 7.19. The number of aryl methyl sites for hydroxylation is 1. The molecule has 3 rings (SSSR count). The molecule has 0 bridgehead atoms. The van der Waals surface area contributed by atoms with Gasteiger partial charge in [0, 0.05) is 12.1 Å². The number of rotatable bonds is 4. The van der Waals surface area contributed by atoms with Crippen molar-refractivity contribution in [2.45, 2.75) is 25.5 Å². The van der Waals surface area contributed by atoms with Gasteiger partial charge in [-0.25, -0.2) is 8.78 Å². The van der Waals surface area contributed by atoms with E-state index in [1.54, 1.807) is 12.1 Å². The van der Waals surface area contributed by atoms with Crippen molar-refractivity contribution in [3.05, 3.63) is 65.2 Å². The molecule has 2 unspecified atom stereocenters. The summed E-state index contributed by atoms with van der Waals surface area (Å²) in [5.74, 6) is -1.02. The molecule has 25 heavy (non-hydrogen) atoms. The van der Waals surface area contributed by atoms with Crippen molar-refractivity contribution in [1.82, 2.24) is 4.90 Å². The number of carbonyl (C=O) groups excluding carboxylic acids is 1. The van der Waals surface area contributed by atoms with E-state index in [2.05, 4.69) is 0 Å². The molecule has 0 spiro atoms. The fourth-order valence-electron chi connectivity index (χ4n) is 3.02. The number of hydrogen-bond acceptors (Lipinski definition) is 3. The van der Waals surface area contributed by atoms with Gasteiger partial charge < -0.3 is 14.7 Å². The number of β-amino-alcohol motifs (C(OH)–C–C–N with tert-alkyl or cyclic N) is 1. The average molecular weight is 347 g/mol. The Kier molecular flexibility index (Phi) is 4.99. The number of amides is 1. The van der Waals surface area contributed by atoms with Crippen molar-refractivity contribution in [1.29, 1.82) is 0 Å². The van der Waals surface area contributed by atoms with E-state index in [9.17, 15) is 18.7 Å². The Morgan fingerprint density at radius 3 is 2.68 bits per heavy atom. The van der Waals surface area contributed by atoms with E-state index in [4.69, 9.17) is 4.74 Å². The van der Waals surface area contributed by atoms with Crippen LogP contribution in [0.25, 0.3) is 0 Å². The lowest BCUT2D eigenvalue weighted by Gasteiger charge is -2.25. The van der Waals surface area contributed by atoms with Crippen LogP contribution in [0.3, 0.4) is 0 Å². The molecule has 0 saturated carbocycles. The Labute approximate surface area is 144 Å². The van der Waals surface area contributed by atoms with E-state index in [-0.39, 0.29) is 31.0 Å². The Bertz CT molecular complexity index is 764. The number of ether oxygens (including phenoxy) is 1. The Hall–Kier alpha value is -2.47. The van der Waals surface area contributed by atoms with Gasteiger partial charge in [-0.15, -0.1) is 0 Å². The van der Waals surface area contributed by atoms with Gasteiger partial charge in [0.2, 0.25) is 0 Å². The molecule has 1 amide bonds. The van der Waals surface area contributed by atoms with Gasteiger partial charge in [-0.05, 0) is 43.7 Å². The molecule has 1 saturated heterocycles. The predicted molar refractivity (Wildman–Crippen MR) is 88.1 cm³/mol. The van der Waals surface area contributed by atoms with E-state index < -0.39 is 23.8 Å². The summed E-state index contributed by atoms with van der Waals surface area (Å²) in [7, 11) is 0. The van der Waals surface area contributed by atoms with Crippen molar-refractivity contribution in [3.8, 4) is 5.75 Å². The van der Waals surface area contributed by atoms with Crippen molar-refractivity contribution >= 4 is 5.91 Å². The first-order valence-electron chi connectivity index (χ1n) is 8.06. The molecule has 1 N–H and O–H groups in total. The molecule has 0 aliphatic carbocycles. The highest BCUT2D eigenvalue weighted by atomic mass is 19.1. The minimum absolute atomic E-state index is 0.0662. The van der Waals surface area contributed by atoms with Crippen molar-refractivity contribution < 1.29 is 23.4 Å². The number of benzene rings is 2. The lowest BCUT2D eigenvalue weighted by atomic mass is 10.0. The third-order valence-electron chi connectivity index (χ3n) is 4.30. The van der Waals surface area contributed by atoms with Gasteiger partial charge in [-0.1, -0.05) is 17.7 Å². The van der Waals surface area contributed by atoms with Crippen LogP contribution < -0.4 is 4.74 Å². The zero-order chi connectivity index (χ0) is 18.0. The fraction of sp³-hybridized carbons (Fsp3) is 0.316. The highest BCUT2D eigenvalue weighted by molar-refractivity contribution is 5.78. The van der Waals surface area contributed by atoms with E-state index in [0.717, 1.165) is 23.8 Å². The molecule has 1 fully saturated rings. The predicted octanol–water partition coefficient (Wildman–Crippen LogP) is 2.99. The van der Waals surface area contributed by atoms with Crippen molar-refractivity contribution in [2.24, 2.45) is 0 Å². The summed E-state index contributed by atoms with van der Waals surface area (Å²) >= 11 is 0. The van der Waals surface area contributed by atoms with Crippen LogP contribution in [0.2, 0.25) is 0 Å². The molecule has 2 atom stereocenters. The third kappa shape index (κ3) is 3.96. The molecular formula is C19H19F2NO3. The second-order valence-corrected chi connectivity index (χ2v) is 6.22. The second-order valence-electron chi connectivity index (χ2n) is 6.22. The van der Waals surface area contributed by atoms with Gasteiger partial charge in [0.05, 0.1) is 12.1 Å². The summed E-state index contributed by atoms with van der Waals surface area (Å²) in [5, 5.41) is 9.91. The molecule has 2 aromatic rings. The normalized spacial score (nSPS) is 19.9. The van der Waals surface area contributed by atoms with Gasteiger partial charge in [-0.2, -0.15) is 0 Å². The zero-order valence-electron chi connectivity index (χ0n) is 13.8. The van der Waals surface area contributed by atoms with E-state index in [1.807, 2.05) is 19.1 Å². The average Bonchev–Trinajstić information content (AvgIpc) is 2.98. The third-order valence-corrected chi connectivity index (χ3v) is 4.30. The number of aliphatic hydroxyl groups is 1. The SMILES string of the molecule is Cc1ccc(OCC(=O)N2CC(O)CC2c2cc(F)ccc2F)cc1. The standard InChI is InChI=1S/C19H19F2NO3/c1-12-2-5-15(6-3-12)25-11-19(24)22-10-14(23)9-18(22)16-8-13(20)4-7-17(16)21/h2-8,14,18,23H,9-11H2,1H3. The largest absolute Gasteiger partial charge is 0.484 e. The van der Waals surface area contributed by atoms with Crippen LogP contribution in [0, 0.1) is 18.6 Å². The molecule has 4 nitrogen and oxygen atoms in total. The van der Waals surface area contributed by atoms with Gasteiger partial charge in [0.1, 0.15) is 17.4 Å². The maximum atomic E-state index is 14.1. The van der Waals surface area contributed by atoms with E-state index in [0.29, 0.717) is 5.75 Å². The molecule has 1 heterocycles. The summed E-state index contributed by atoms with van der Waals surface area (Å²) in [6, 6.07) is 9.65. The van der Waals surface area contributed by atoms with Crippen LogP contribution in [0.15, 0.2) is 42.5 Å². The Morgan fingerprint density at radius 2 is 1.96 bits per heavy atom. The quantitative estimate of drug-likeness (QED) is 0.925. The molecule has 132 valence electrons. The summed E-state index contributed by atoms with van der Waals surface area (Å²) in [4.78, 5) is 13.8. The lowest BCUT2D eigenvalue weighted by molar-refractivity contribution is -0.134. The number of carbonyl (C=O) groups is 1.